The second-order valence-electron chi connectivity index (χ2n) is 3.80. The standard InChI is InChI=1S/C14H15ClN2O/c1-2-18-13-5-3-11(4-6-13)10-17-12-7-8-16-14(15)9-12/h3-9H,2,10H2,1H3,(H,16,17). The van der Waals surface area contributed by atoms with Gasteiger partial charge in [-0.1, -0.05) is 23.7 Å². The van der Waals surface area contributed by atoms with Gasteiger partial charge in [-0.15, -0.1) is 0 Å². The SMILES string of the molecule is CCOc1ccc(CNc2ccnc(Cl)c2)cc1. The first-order chi connectivity index (χ1) is 8.78. The Kier molecular flexibility index (Phi) is 4.42. The molecule has 1 N–H and O–H groups in total. The second-order valence-corrected chi connectivity index (χ2v) is 4.19. The molecule has 94 valence electrons. The molecule has 3 nitrogen and oxygen atoms in total. The number of hydrogen-bond donors (Lipinski definition) is 1. The minimum absolute atomic E-state index is 0.492. The Bertz CT molecular complexity index is 499. The molecule has 1 heterocycles. The molecular formula is C14H15ClN2O. The quantitative estimate of drug-likeness (QED) is 0.834. The number of rotatable bonds is 5. The minimum atomic E-state index is 0.492. The first kappa shape index (κ1) is 12.7. The van der Waals surface area contributed by atoms with Gasteiger partial charge in [0.1, 0.15) is 10.9 Å². The van der Waals surface area contributed by atoms with Gasteiger partial charge in [0.25, 0.3) is 0 Å². The van der Waals surface area contributed by atoms with E-state index >= 15 is 0 Å². The molecule has 0 radical (unpaired) electrons. The second kappa shape index (κ2) is 6.26. The number of benzene rings is 1. The lowest BCUT2D eigenvalue weighted by Gasteiger charge is -2.08. The van der Waals surface area contributed by atoms with Gasteiger partial charge in [-0.3, -0.25) is 0 Å². The lowest BCUT2D eigenvalue weighted by molar-refractivity contribution is 0.340. The summed E-state index contributed by atoms with van der Waals surface area (Å²) in [6, 6.07) is 11.7. The number of ether oxygens (including phenoxy) is 1. The van der Waals surface area contributed by atoms with E-state index in [-0.39, 0.29) is 0 Å². The molecule has 0 amide bonds. The molecule has 1 aromatic heterocycles. The van der Waals surface area contributed by atoms with E-state index in [1.165, 1.54) is 5.56 Å². The fourth-order valence-corrected chi connectivity index (χ4v) is 1.76. The maximum Gasteiger partial charge on any atom is 0.131 e. The van der Waals surface area contributed by atoms with Crippen LogP contribution in [0.5, 0.6) is 5.75 Å². The summed E-state index contributed by atoms with van der Waals surface area (Å²) in [7, 11) is 0. The van der Waals surface area contributed by atoms with Crippen LogP contribution in [0.2, 0.25) is 5.15 Å². The highest BCUT2D eigenvalue weighted by atomic mass is 35.5. The Morgan fingerprint density at radius 1 is 1.22 bits per heavy atom. The van der Waals surface area contributed by atoms with Crippen molar-refractivity contribution < 1.29 is 4.74 Å². The van der Waals surface area contributed by atoms with Crippen molar-refractivity contribution in [1.29, 1.82) is 0 Å². The summed E-state index contributed by atoms with van der Waals surface area (Å²) < 4.78 is 5.39. The highest BCUT2D eigenvalue weighted by Crippen LogP contribution is 2.15. The zero-order valence-electron chi connectivity index (χ0n) is 10.2. The third-order valence-electron chi connectivity index (χ3n) is 2.46. The summed E-state index contributed by atoms with van der Waals surface area (Å²) in [5.74, 6) is 0.896. The van der Waals surface area contributed by atoms with Crippen LogP contribution >= 0.6 is 11.6 Å². The van der Waals surface area contributed by atoms with E-state index in [9.17, 15) is 0 Å². The number of anilines is 1. The lowest BCUT2D eigenvalue weighted by Crippen LogP contribution is -1.99. The number of nitrogens with one attached hydrogen (secondary N) is 1. The molecule has 4 heteroatoms. The van der Waals surface area contributed by atoms with Gasteiger partial charge in [-0.2, -0.15) is 0 Å². The Labute approximate surface area is 112 Å². The van der Waals surface area contributed by atoms with Crippen molar-refractivity contribution >= 4 is 17.3 Å². The van der Waals surface area contributed by atoms with E-state index in [2.05, 4.69) is 10.3 Å². The molecule has 0 bridgehead atoms. The van der Waals surface area contributed by atoms with Gasteiger partial charge in [0.2, 0.25) is 0 Å². The van der Waals surface area contributed by atoms with Gasteiger partial charge in [0.15, 0.2) is 0 Å². The molecule has 0 saturated heterocycles. The van der Waals surface area contributed by atoms with Crippen molar-refractivity contribution in [2.75, 3.05) is 11.9 Å². The number of pyridine rings is 1. The first-order valence-corrected chi connectivity index (χ1v) is 6.23. The van der Waals surface area contributed by atoms with Crippen LogP contribution in [-0.4, -0.2) is 11.6 Å². The third kappa shape index (κ3) is 3.64. The molecule has 0 unspecified atom stereocenters. The largest absolute Gasteiger partial charge is 0.494 e. The van der Waals surface area contributed by atoms with E-state index < -0.39 is 0 Å². The van der Waals surface area contributed by atoms with E-state index in [0.717, 1.165) is 18.0 Å². The van der Waals surface area contributed by atoms with Crippen molar-refractivity contribution in [2.24, 2.45) is 0 Å². The summed E-state index contributed by atoms with van der Waals surface area (Å²) in [6.07, 6.45) is 1.68. The zero-order chi connectivity index (χ0) is 12.8. The van der Waals surface area contributed by atoms with Gasteiger partial charge in [0.05, 0.1) is 6.61 Å². The normalized spacial score (nSPS) is 10.1. The molecule has 0 aliphatic heterocycles. The van der Waals surface area contributed by atoms with Crippen molar-refractivity contribution in [3.63, 3.8) is 0 Å². The topological polar surface area (TPSA) is 34.1 Å². The third-order valence-corrected chi connectivity index (χ3v) is 2.66. The summed E-state index contributed by atoms with van der Waals surface area (Å²) in [4.78, 5) is 3.94. The Hall–Kier alpha value is -1.74. The van der Waals surface area contributed by atoms with Crippen LogP contribution in [-0.2, 0) is 6.54 Å². The molecule has 2 aromatic rings. The molecule has 0 aliphatic carbocycles. The Morgan fingerprint density at radius 3 is 2.67 bits per heavy atom. The summed E-state index contributed by atoms with van der Waals surface area (Å²) in [6.45, 7) is 3.41. The average molecular weight is 263 g/mol. The Balaban J connectivity index is 1.93. The number of halogens is 1. The highest BCUT2D eigenvalue weighted by Gasteiger charge is 1.97. The van der Waals surface area contributed by atoms with Crippen LogP contribution in [0, 0.1) is 0 Å². The fraction of sp³-hybridized carbons (Fsp3) is 0.214. The smallest absolute Gasteiger partial charge is 0.131 e. The van der Waals surface area contributed by atoms with Crippen LogP contribution in [0.15, 0.2) is 42.6 Å². The number of nitrogens with zero attached hydrogens (tertiary/aromatic N) is 1. The molecule has 2 rings (SSSR count). The number of aromatic nitrogens is 1. The van der Waals surface area contributed by atoms with Gasteiger partial charge in [0, 0.05) is 18.4 Å². The van der Waals surface area contributed by atoms with E-state index in [4.69, 9.17) is 16.3 Å². The molecule has 0 saturated carbocycles. The zero-order valence-corrected chi connectivity index (χ0v) is 10.9. The molecule has 1 aromatic carbocycles. The van der Waals surface area contributed by atoms with Gasteiger partial charge in [-0.05, 0) is 36.8 Å². The summed E-state index contributed by atoms with van der Waals surface area (Å²) >= 11 is 5.81. The van der Waals surface area contributed by atoms with Crippen molar-refractivity contribution in [2.45, 2.75) is 13.5 Å². The van der Waals surface area contributed by atoms with Crippen molar-refractivity contribution in [3.8, 4) is 5.75 Å². The molecule has 0 atom stereocenters. The van der Waals surface area contributed by atoms with E-state index in [1.54, 1.807) is 12.3 Å². The molecule has 18 heavy (non-hydrogen) atoms. The van der Waals surface area contributed by atoms with E-state index in [1.807, 2.05) is 37.3 Å². The fourth-order valence-electron chi connectivity index (χ4n) is 1.59. The van der Waals surface area contributed by atoms with Crippen LogP contribution in [0.1, 0.15) is 12.5 Å². The van der Waals surface area contributed by atoms with Gasteiger partial charge in [-0.25, -0.2) is 4.98 Å². The van der Waals surface area contributed by atoms with Crippen LogP contribution < -0.4 is 10.1 Å². The lowest BCUT2D eigenvalue weighted by atomic mass is 10.2. The predicted octanol–water partition coefficient (Wildman–Crippen LogP) is 3.75. The van der Waals surface area contributed by atoms with Crippen molar-refractivity contribution in [3.05, 3.63) is 53.3 Å². The molecule has 0 aliphatic rings. The highest BCUT2D eigenvalue weighted by molar-refractivity contribution is 6.29. The van der Waals surface area contributed by atoms with Gasteiger partial charge < -0.3 is 10.1 Å². The van der Waals surface area contributed by atoms with Crippen LogP contribution in [0.4, 0.5) is 5.69 Å². The molecule has 0 fully saturated rings. The summed E-state index contributed by atoms with van der Waals surface area (Å²) in [5.41, 5.74) is 2.15. The summed E-state index contributed by atoms with van der Waals surface area (Å²) in [5, 5.41) is 3.78. The Morgan fingerprint density at radius 2 is 2.00 bits per heavy atom. The maximum absolute atomic E-state index is 5.81. The molecule has 0 spiro atoms. The number of hydrogen-bond acceptors (Lipinski definition) is 3. The monoisotopic (exact) mass is 262 g/mol. The maximum atomic E-state index is 5.81. The first-order valence-electron chi connectivity index (χ1n) is 5.85. The van der Waals surface area contributed by atoms with Gasteiger partial charge >= 0.3 is 0 Å². The minimum Gasteiger partial charge on any atom is -0.494 e. The van der Waals surface area contributed by atoms with Crippen molar-refractivity contribution in [1.82, 2.24) is 4.98 Å². The molecular weight excluding hydrogens is 248 g/mol. The van der Waals surface area contributed by atoms with Crippen LogP contribution in [0.25, 0.3) is 0 Å². The van der Waals surface area contributed by atoms with Crippen LogP contribution in [0.3, 0.4) is 0 Å². The average Bonchev–Trinajstić information content (AvgIpc) is 2.38. The predicted molar refractivity (Wildman–Crippen MR) is 74.2 cm³/mol. The van der Waals surface area contributed by atoms with E-state index in [0.29, 0.717) is 11.8 Å².